The highest BCUT2D eigenvalue weighted by atomic mass is 19.1. The Morgan fingerprint density at radius 3 is 2.75 bits per heavy atom. The molecule has 1 aliphatic rings. The van der Waals surface area contributed by atoms with E-state index in [4.69, 9.17) is 5.21 Å². The molecule has 1 heterocycles. The summed E-state index contributed by atoms with van der Waals surface area (Å²) in [5.41, 5.74) is 4.43. The van der Waals surface area contributed by atoms with Crippen LogP contribution in [-0.2, 0) is 13.0 Å². The van der Waals surface area contributed by atoms with E-state index in [1.165, 1.54) is 11.6 Å². The van der Waals surface area contributed by atoms with Gasteiger partial charge in [0.1, 0.15) is 5.82 Å². The molecule has 0 unspecified atom stereocenters. The normalized spacial score (nSPS) is 15.6. The predicted octanol–water partition coefficient (Wildman–Crippen LogP) is 3.45. The van der Waals surface area contributed by atoms with Gasteiger partial charge in [-0.1, -0.05) is 37.3 Å². The first-order valence-electron chi connectivity index (χ1n) is 8.18. The number of nitrogens with zero attached hydrogens (tertiary/aromatic N) is 1. The van der Waals surface area contributed by atoms with Gasteiger partial charge < -0.3 is 0 Å². The van der Waals surface area contributed by atoms with Gasteiger partial charge >= 0.3 is 0 Å². The fraction of sp³-hybridized carbons (Fsp3) is 0.316. The molecule has 5 heteroatoms. The molecule has 2 aromatic carbocycles. The Kier molecular flexibility index (Phi) is 4.92. The van der Waals surface area contributed by atoms with Gasteiger partial charge in [0, 0.05) is 30.3 Å². The van der Waals surface area contributed by atoms with Crippen LogP contribution in [0.2, 0.25) is 0 Å². The number of hydroxylamine groups is 1. The van der Waals surface area contributed by atoms with Gasteiger partial charge in [-0.15, -0.1) is 0 Å². The maximum absolute atomic E-state index is 14.5. The molecule has 4 nitrogen and oxygen atoms in total. The molecule has 0 saturated carbocycles. The molecule has 1 aliphatic heterocycles. The lowest BCUT2D eigenvalue weighted by molar-refractivity contribution is 0.0705. The number of halogens is 1. The number of fused-ring (bicyclic) bond motifs is 1. The van der Waals surface area contributed by atoms with Crippen LogP contribution in [0.25, 0.3) is 0 Å². The Morgan fingerprint density at radius 2 is 2.08 bits per heavy atom. The number of rotatable bonds is 4. The summed E-state index contributed by atoms with van der Waals surface area (Å²) in [5.74, 6) is -1.08. The Balaban J connectivity index is 1.88. The fourth-order valence-electron chi connectivity index (χ4n) is 3.48. The van der Waals surface area contributed by atoms with Crippen molar-refractivity contribution in [1.82, 2.24) is 10.4 Å². The predicted molar refractivity (Wildman–Crippen MR) is 89.2 cm³/mol. The van der Waals surface area contributed by atoms with E-state index in [9.17, 15) is 9.18 Å². The van der Waals surface area contributed by atoms with E-state index in [-0.39, 0.29) is 11.6 Å². The molecule has 1 atom stereocenters. The van der Waals surface area contributed by atoms with E-state index in [1.54, 1.807) is 11.5 Å². The molecule has 2 aromatic rings. The molecule has 0 bridgehead atoms. The van der Waals surface area contributed by atoms with E-state index in [0.717, 1.165) is 18.5 Å². The number of hydrogen-bond donors (Lipinski definition) is 2. The minimum atomic E-state index is -0.685. The average Bonchev–Trinajstić information content (AvgIpc) is 2.62. The van der Waals surface area contributed by atoms with Crippen molar-refractivity contribution in [3.8, 4) is 0 Å². The number of amides is 1. The lowest BCUT2D eigenvalue weighted by Gasteiger charge is -2.35. The summed E-state index contributed by atoms with van der Waals surface area (Å²) in [4.78, 5) is 13.8. The molecule has 1 amide bonds. The van der Waals surface area contributed by atoms with Crippen LogP contribution < -0.4 is 5.48 Å². The zero-order valence-electron chi connectivity index (χ0n) is 13.6. The van der Waals surface area contributed by atoms with Gasteiger partial charge in [0.2, 0.25) is 0 Å². The van der Waals surface area contributed by atoms with Gasteiger partial charge in [-0.05, 0) is 36.1 Å². The van der Waals surface area contributed by atoms with E-state index in [0.29, 0.717) is 18.5 Å². The molecule has 126 valence electrons. The van der Waals surface area contributed by atoms with Gasteiger partial charge in [-0.2, -0.15) is 0 Å². The maximum atomic E-state index is 14.5. The molecule has 3 rings (SSSR count). The standard InChI is InChI=1S/C19H21FN2O2/c1-2-18(13-6-4-3-5-7-13)22-9-8-14-10-15(19(23)21-24)11-17(20)16(14)12-22/h3-7,10-11,18,24H,2,8-9,12H2,1H3,(H,21,23)/t18-/m1/s1. The first-order valence-corrected chi connectivity index (χ1v) is 8.18. The van der Waals surface area contributed by atoms with Gasteiger partial charge in [0.25, 0.3) is 5.91 Å². The Bertz CT molecular complexity index is 734. The number of benzene rings is 2. The van der Waals surface area contributed by atoms with Crippen LogP contribution in [0.15, 0.2) is 42.5 Å². The quantitative estimate of drug-likeness (QED) is 0.668. The summed E-state index contributed by atoms with van der Waals surface area (Å²) in [7, 11) is 0. The van der Waals surface area contributed by atoms with Gasteiger partial charge in [0.15, 0.2) is 0 Å². The summed E-state index contributed by atoms with van der Waals surface area (Å²) in [5, 5.41) is 8.73. The topological polar surface area (TPSA) is 52.6 Å². The Labute approximate surface area is 140 Å². The van der Waals surface area contributed by atoms with Crippen LogP contribution >= 0.6 is 0 Å². The molecule has 0 aliphatic carbocycles. The summed E-state index contributed by atoms with van der Waals surface area (Å²) >= 11 is 0. The highest BCUT2D eigenvalue weighted by Gasteiger charge is 2.26. The van der Waals surface area contributed by atoms with Crippen molar-refractivity contribution in [2.45, 2.75) is 32.4 Å². The van der Waals surface area contributed by atoms with Crippen molar-refractivity contribution in [3.05, 3.63) is 70.5 Å². The summed E-state index contributed by atoms with van der Waals surface area (Å²) in [6.45, 7) is 3.47. The third-order valence-electron chi connectivity index (χ3n) is 4.69. The largest absolute Gasteiger partial charge is 0.292 e. The minimum absolute atomic E-state index is 0.150. The highest BCUT2D eigenvalue weighted by molar-refractivity contribution is 5.93. The molecule has 0 spiro atoms. The van der Waals surface area contributed by atoms with Crippen LogP contribution in [0.3, 0.4) is 0 Å². The molecular weight excluding hydrogens is 307 g/mol. The van der Waals surface area contributed by atoms with Crippen molar-refractivity contribution in [3.63, 3.8) is 0 Å². The summed E-state index contributed by atoms with van der Waals surface area (Å²) < 4.78 is 14.5. The SMILES string of the molecule is CC[C@H](c1ccccc1)N1CCc2cc(C(=O)NO)cc(F)c2C1. The van der Waals surface area contributed by atoms with E-state index in [1.807, 2.05) is 18.2 Å². The minimum Gasteiger partial charge on any atom is -0.292 e. The third-order valence-corrected chi connectivity index (χ3v) is 4.69. The van der Waals surface area contributed by atoms with Crippen LogP contribution in [-0.4, -0.2) is 22.6 Å². The van der Waals surface area contributed by atoms with Crippen LogP contribution in [0.1, 0.15) is 46.4 Å². The lowest BCUT2D eigenvalue weighted by atomic mass is 9.93. The first kappa shape index (κ1) is 16.6. The third kappa shape index (κ3) is 3.18. The number of nitrogens with one attached hydrogen (secondary N) is 1. The van der Waals surface area contributed by atoms with Crippen molar-refractivity contribution in [2.24, 2.45) is 0 Å². The maximum Gasteiger partial charge on any atom is 0.274 e. The zero-order valence-corrected chi connectivity index (χ0v) is 13.6. The number of carbonyl (C=O) groups excluding carboxylic acids is 1. The monoisotopic (exact) mass is 328 g/mol. The molecule has 0 saturated heterocycles. The van der Waals surface area contributed by atoms with Crippen molar-refractivity contribution in [2.75, 3.05) is 6.54 Å². The smallest absolute Gasteiger partial charge is 0.274 e. The van der Waals surface area contributed by atoms with Crippen LogP contribution in [0, 0.1) is 5.82 Å². The molecular formula is C19H21FN2O2. The number of hydrogen-bond acceptors (Lipinski definition) is 3. The van der Waals surface area contributed by atoms with Crippen molar-refractivity contribution in [1.29, 1.82) is 0 Å². The molecule has 0 aromatic heterocycles. The van der Waals surface area contributed by atoms with Crippen LogP contribution in [0.5, 0.6) is 0 Å². The van der Waals surface area contributed by atoms with Gasteiger partial charge in [-0.25, -0.2) is 9.87 Å². The second kappa shape index (κ2) is 7.11. The summed E-state index contributed by atoms with van der Waals surface area (Å²) in [6, 6.07) is 13.4. The lowest BCUT2D eigenvalue weighted by Crippen LogP contribution is -2.35. The average molecular weight is 328 g/mol. The van der Waals surface area contributed by atoms with E-state index >= 15 is 0 Å². The zero-order chi connectivity index (χ0) is 17.1. The van der Waals surface area contributed by atoms with Gasteiger partial charge in [-0.3, -0.25) is 14.9 Å². The number of carbonyl (C=O) groups is 1. The molecule has 2 N–H and O–H groups in total. The molecule has 24 heavy (non-hydrogen) atoms. The second-order valence-electron chi connectivity index (χ2n) is 6.09. The Hall–Kier alpha value is -2.24. The highest BCUT2D eigenvalue weighted by Crippen LogP contribution is 2.31. The summed E-state index contributed by atoms with van der Waals surface area (Å²) in [6.07, 6.45) is 1.63. The molecule has 0 fully saturated rings. The van der Waals surface area contributed by atoms with E-state index in [2.05, 4.69) is 24.0 Å². The Morgan fingerprint density at radius 1 is 1.33 bits per heavy atom. The molecule has 0 radical (unpaired) electrons. The van der Waals surface area contributed by atoms with Gasteiger partial charge in [0.05, 0.1) is 0 Å². The fourth-order valence-corrected chi connectivity index (χ4v) is 3.48. The second-order valence-corrected chi connectivity index (χ2v) is 6.09. The van der Waals surface area contributed by atoms with Crippen molar-refractivity contribution < 1.29 is 14.4 Å². The van der Waals surface area contributed by atoms with Crippen molar-refractivity contribution >= 4 is 5.91 Å². The van der Waals surface area contributed by atoms with E-state index < -0.39 is 11.7 Å². The van der Waals surface area contributed by atoms with Crippen LogP contribution in [0.4, 0.5) is 4.39 Å². The first-order chi connectivity index (χ1) is 11.6.